The molecule has 0 saturated carbocycles. The van der Waals surface area contributed by atoms with Gasteiger partial charge in [0.25, 0.3) is 5.91 Å². The average molecular weight is 359 g/mol. The van der Waals surface area contributed by atoms with Crippen LogP contribution >= 0.6 is 0 Å². The molecule has 4 aromatic rings. The SMILES string of the molecule is CCCCNC(=O)c1ccc(-n2ccc(-c3cc4ccccc4o3)n2)cc1. The van der Waals surface area contributed by atoms with Crippen LogP contribution in [0.2, 0.25) is 0 Å². The van der Waals surface area contributed by atoms with E-state index in [0.717, 1.165) is 41.0 Å². The van der Waals surface area contributed by atoms with Crippen molar-refractivity contribution in [3.63, 3.8) is 0 Å². The second-order valence-corrected chi connectivity index (χ2v) is 6.45. The van der Waals surface area contributed by atoms with Gasteiger partial charge < -0.3 is 9.73 Å². The molecule has 0 aliphatic carbocycles. The predicted octanol–water partition coefficient (Wildman–Crippen LogP) is 4.82. The molecule has 5 nitrogen and oxygen atoms in total. The summed E-state index contributed by atoms with van der Waals surface area (Å²) in [7, 11) is 0. The van der Waals surface area contributed by atoms with Crippen LogP contribution in [0.4, 0.5) is 0 Å². The van der Waals surface area contributed by atoms with Crippen LogP contribution in [-0.4, -0.2) is 22.2 Å². The highest BCUT2D eigenvalue weighted by atomic mass is 16.3. The number of fused-ring (bicyclic) bond motifs is 1. The minimum Gasteiger partial charge on any atom is -0.454 e. The molecular formula is C22H21N3O2. The first-order valence-corrected chi connectivity index (χ1v) is 9.18. The number of benzene rings is 2. The molecule has 1 amide bonds. The Labute approximate surface area is 157 Å². The van der Waals surface area contributed by atoms with Gasteiger partial charge in [0.05, 0.1) is 5.69 Å². The first-order chi connectivity index (χ1) is 13.2. The quantitative estimate of drug-likeness (QED) is 0.502. The fourth-order valence-electron chi connectivity index (χ4n) is 2.95. The standard InChI is InChI=1S/C22H21N3O2/c1-2-3-13-23-22(26)16-8-10-18(11-9-16)25-14-12-19(24-25)21-15-17-6-4-5-7-20(17)27-21/h4-12,14-15H,2-3,13H2,1H3,(H,23,26). The Kier molecular flexibility index (Phi) is 4.75. The highest BCUT2D eigenvalue weighted by Crippen LogP contribution is 2.26. The van der Waals surface area contributed by atoms with Gasteiger partial charge in [0, 0.05) is 23.7 Å². The molecule has 27 heavy (non-hydrogen) atoms. The van der Waals surface area contributed by atoms with Gasteiger partial charge in [-0.1, -0.05) is 31.5 Å². The summed E-state index contributed by atoms with van der Waals surface area (Å²) in [6.07, 6.45) is 3.94. The lowest BCUT2D eigenvalue weighted by Gasteiger charge is -2.06. The zero-order valence-electron chi connectivity index (χ0n) is 15.2. The van der Waals surface area contributed by atoms with Gasteiger partial charge >= 0.3 is 0 Å². The molecule has 0 bridgehead atoms. The third-order valence-electron chi connectivity index (χ3n) is 4.48. The van der Waals surface area contributed by atoms with E-state index in [1.54, 1.807) is 4.68 Å². The van der Waals surface area contributed by atoms with Crippen LogP contribution in [0, 0.1) is 0 Å². The summed E-state index contributed by atoms with van der Waals surface area (Å²) in [5, 5.41) is 8.58. The Morgan fingerprint density at radius 3 is 2.70 bits per heavy atom. The number of carbonyl (C=O) groups is 1. The van der Waals surface area contributed by atoms with Crippen molar-refractivity contribution in [1.82, 2.24) is 15.1 Å². The fraction of sp³-hybridized carbons (Fsp3) is 0.182. The molecule has 4 rings (SSSR count). The molecule has 2 aromatic heterocycles. The Balaban J connectivity index is 1.52. The minimum atomic E-state index is -0.0431. The van der Waals surface area contributed by atoms with Crippen LogP contribution in [0.5, 0.6) is 0 Å². The highest BCUT2D eigenvalue weighted by Gasteiger charge is 2.10. The molecule has 1 N–H and O–H groups in total. The number of unbranched alkanes of at least 4 members (excludes halogenated alkanes) is 1. The molecular weight excluding hydrogens is 338 g/mol. The van der Waals surface area contributed by atoms with Gasteiger partial charge in [-0.2, -0.15) is 5.10 Å². The molecule has 0 aliphatic heterocycles. The summed E-state index contributed by atoms with van der Waals surface area (Å²) in [4.78, 5) is 12.1. The van der Waals surface area contributed by atoms with Crippen molar-refractivity contribution >= 4 is 16.9 Å². The van der Waals surface area contributed by atoms with E-state index in [0.29, 0.717) is 12.1 Å². The van der Waals surface area contributed by atoms with Gasteiger partial charge in [0.15, 0.2) is 5.76 Å². The molecule has 0 spiro atoms. The van der Waals surface area contributed by atoms with Crippen LogP contribution in [0.1, 0.15) is 30.1 Å². The summed E-state index contributed by atoms with van der Waals surface area (Å²) in [6.45, 7) is 2.81. The molecule has 0 unspecified atom stereocenters. The lowest BCUT2D eigenvalue weighted by molar-refractivity contribution is 0.0953. The maximum absolute atomic E-state index is 12.1. The van der Waals surface area contributed by atoms with Gasteiger partial charge in [-0.3, -0.25) is 4.79 Å². The summed E-state index contributed by atoms with van der Waals surface area (Å²) in [5.74, 6) is 0.695. The maximum Gasteiger partial charge on any atom is 0.251 e. The highest BCUT2D eigenvalue weighted by molar-refractivity contribution is 5.94. The molecule has 0 aliphatic rings. The number of aromatic nitrogens is 2. The Hall–Kier alpha value is -3.34. The van der Waals surface area contributed by atoms with Crippen LogP contribution in [0.3, 0.4) is 0 Å². The van der Waals surface area contributed by atoms with E-state index in [9.17, 15) is 4.79 Å². The van der Waals surface area contributed by atoms with Crippen molar-refractivity contribution in [2.75, 3.05) is 6.54 Å². The number of nitrogens with zero attached hydrogens (tertiary/aromatic N) is 2. The third kappa shape index (κ3) is 3.62. The lowest BCUT2D eigenvalue weighted by atomic mass is 10.2. The number of carbonyl (C=O) groups excluding carboxylic acids is 1. The van der Waals surface area contributed by atoms with E-state index in [1.165, 1.54) is 0 Å². The number of para-hydroxylation sites is 1. The van der Waals surface area contributed by atoms with Crippen LogP contribution < -0.4 is 5.32 Å². The van der Waals surface area contributed by atoms with E-state index < -0.39 is 0 Å². The van der Waals surface area contributed by atoms with Crippen molar-refractivity contribution in [3.05, 3.63) is 72.4 Å². The number of hydrogen-bond acceptors (Lipinski definition) is 3. The zero-order valence-corrected chi connectivity index (χ0v) is 15.2. The first-order valence-electron chi connectivity index (χ1n) is 9.18. The second kappa shape index (κ2) is 7.50. The van der Waals surface area contributed by atoms with E-state index >= 15 is 0 Å². The van der Waals surface area contributed by atoms with Crippen molar-refractivity contribution in [2.45, 2.75) is 19.8 Å². The van der Waals surface area contributed by atoms with Gasteiger partial charge in [-0.15, -0.1) is 0 Å². The topological polar surface area (TPSA) is 60.1 Å². The number of rotatable bonds is 6. The Morgan fingerprint density at radius 1 is 1.11 bits per heavy atom. The van der Waals surface area contributed by atoms with Gasteiger partial charge in [-0.25, -0.2) is 4.68 Å². The molecule has 5 heteroatoms. The molecule has 0 fully saturated rings. The molecule has 2 heterocycles. The predicted molar refractivity (Wildman–Crippen MR) is 106 cm³/mol. The van der Waals surface area contributed by atoms with Crippen molar-refractivity contribution < 1.29 is 9.21 Å². The normalized spacial score (nSPS) is 11.0. The zero-order chi connectivity index (χ0) is 18.6. The largest absolute Gasteiger partial charge is 0.454 e. The smallest absolute Gasteiger partial charge is 0.251 e. The molecule has 2 aromatic carbocycles. The fourth-order valence-corrected chi connectivity index (χ4v) is 2.95. The van der Waals surface area contributed by atoms with E-state index in [4.69, 9.17) is 4.42 Å². The molecule has 136 valence electrons. The van der Waals surface area contributed by atoms with Gasteiger partial charge in [0.2, 0.25) is 0 Å². The second-order valence-electron chi connectivity index (χ2n) is 6.45. The summed E-state index contributed by atoms with van der Waals surface area (Å²) in [6, 6.07) is 19.2. The summed E-state index contributed by atoms with van der Waals surface area (Å²) < 4.78 is 7.65. The number of amides is 1. The minimum absolute atomic E-state index is 0.0431. The van der Waals surface area contributed by atoms with Crippen molar-refractivity contribution in [3.8, 4) is 17.1 Å². The Morgan fingerprint density at radius 2 is 1.93 bits per heavy atom. The number of hydrogen-bond donors (Lipinski definition) is 1. The van der Waals surface area contributed by atoms with Gasteiger partial charge in [-0.05, 0) is 48.9 Å². The third-order valence-corrected chi connectivity index (χ3v) is 4.48. The molecule has 0 atom stereocenters. The first kappa shape index (κ1) is 17.1. The van der Waals surface area contributed by atoms with Crippen LogP contribution in [-0.2, 0) is 0 Å². The molecule has 0 saturated heterocycles. The summed E-state index contributed by atoms with van der Waals surface area (Å²) >= 11 is 0. The average Bonchev–Trinajstić information content (AvgIpc) is 3.35. The van der Waals surface area contributed by atoms with E-state index in [1.807, 2.05) is 66.9 Å². The number of nitrogens with one attached hydrogen (secondary N) is 1. The Bertz CT molecular complexity index is 1030. The molecule has 0 radical (unpaired) electrons. The van der Waals surface area contributed by atoms with Gasteiger partial charge in [0.1, 0.15) is 11.3 Å². The monoisotopic (exact) mass is 359 g/mol. The lowest BCUT2D eigenvalue weighted by Crippen LogP contribution is -2.24. The van der Waals surface area contributed by atoms with Crippen molar-refractivity contribution in [1.29, 1.82) is 0 Å². The van der Waals surface area contributed by atoms with Crippen molar-refractivity contribution in [2.24, 2.45) is 0 Å². The summed E-state index contributed by atoms with van der Waals surface area (Å²) in [5.41, 5.74) is 3.16. The van der Waals surface area contributed by atoms with Crippen LogP contribution in [0.15, 0.2) is 71.3 Å². The maximum atomic E-state index is 12.1. The number of furan rings is 1. The van der Waals surface area contributed by atoms with E-state index in [-0.39, 0.29) is 5.91 Å². The van der Waals surface area contributed by atoms with E-state index in [2.05, 4.69) is 17.3 Å². The van der Waals surface area contributed by atoms with Crippen LogP contribution in [0.25, 0.3) is 28.1 Å².